The van der Waals surface area contributed by atoms with Crippen LogP contribution in [0.1, 0.15) is 74.2 Å². The van der Waals surface area contributed by atoms with Gasteiger partial charge in [-0.1, -0.05) is 138 Å². The zero-order valence-corrected chi connectivity index (χ0v) is 67.2. The molecule has 0 saturated carbocycles. The first-order chi connectivity index (χ1) is 56.7. The molecule has 117 heavy (non-hydrogen) atoms. The van der Waals surface area contributed by atoms with Crippen molar-refractivity contribution in [3.05, 3.63) is 266 Å². The highest BCUT2D eigenvalue weighted by Gasteiger charge is 2.25. The van der Waals surface area contributed by atoms with Gasteiger partial charge in [0.1, 0.15) is 37.1 Å². The summed E-state index contributed by atoms with van der Waals surface area (Å²) in [6.45, 7) is 14.3. The summed E-state index contributed by atoms with van der Waals surface area (Å²) >= 11 is 0. The van der Waals surface area contributed by atoms with E-state index in [1.807, 2.05) is 188 Å². The van der Waals surface area contributed by atoms with Crippen molar-refractivity contribution < 1.29 is 69.9 Å². The Labute approximate surface area is 681 Å². The zero-order chi connectivity index (χ0) is 82.0. The highest BCUT2D eigenvalue weighted by molar-refractivity contribution is 7.85. The molecule has 0 bridgehead atoms. The Morgan fingerprint density at radius 2 is 0.795 bits per heavy atom. The number of carbonyl (C=O) groups is 2. The van der Waals surface area contributed by atoms with Crippen LogP contribution in [0.2, 0.25) is 0 Å². The second-order valence-electron chi connectivity index (χ2n) is 29.8. The van der Waals surface area contributed by atoms with Crippen molar-refractivity contribution in [1.82, 2.24) is 19.1 Å². The first-order valence-corrected chi connectivity index (χ1v) is 40.7. The molecule has 0 spiro atoms. The Morgan fingerprint density at radius 1 is 0.436 bits per heavy atom. The molecule has 4 aliphatic rings. The predicted octanol–water partition coefficient (Wildman–Crippen LogP) is 14.8. The lowest BCUT2D eigenvalue weighted by atomic mass is 9.96. The molecule has 4 saturated heterocycles. The number of Topliss-reactive ketones (excluding diaryl/α,β-unsaturated/α-hetero) is 2. The van der Waals surface area contributed by atoms with Crippen molar-refractivity contribution in [2.24, 2.45) is 11.8 Å². The van der Waals surface area contributed by atoms with E-state index in [9.17, 15) is 27.6 Å². The normalized spacial score (nSPS) is 15.8. The van der Waals surface area contributed by atoms with E-state index in [0.717, 1.165) is 149 Å². The zero-order valence-electron chi connectivity index (χ0n) is 66.4. The third-order valence-corrected chi connectivity index (χ3v) is 22.0. The number of ketones is 2. The Balaban J connectivity index is 0.000000179. The average Bonchev–Trinajstić information content (AvgIpc) is 0.812. The first kappa shape index (κ1) is 83.5. The van der Waals surface area contributed by atoms with Gasteiger partial charge in [-0.25, -0.2) is 9.97 Å². The van der Waals surface area contributed by atoms with Crippen LogP contribution in [-0.4, -0.2) is 149 Å². The monoisotopic (exact) mass is 1600 g/mol. The van der Waals surface area contributed by atoms with Gasteiger partial charge in [-0.15, -0.1) is 0 Å². The average molecular weight is 1600 g/mol. The van der Waals surface area contributed by atoms with Crippen LogP contribution in [0.3, 0.4) is 0 Å². The van der Waals surface area contributed by atoms with E-state index in [4.69, 9.17) is 63.4 Å². The largest absolute Gasteiger partial charge is 0.493 e. The fourth-order valence-electron chi connectivity index (χ4n) is 14.4. The maximum atomic E-state index is 13.8. The second-order valence-corrected chi connectivity index (χ2v) is 31.2. The number of benzene rings is 7. The number of nitrogens with two attached hydrogens (primary N) is 2. The first-order valence-electron chi connectivity index (χ1n) is 39.3. The molecule has 4 fully saturated rings. The number of pyridine rings is 4. The molecule has 0 amide bonds. The highest BCUT2D eigenvalue weighted by atomic mass is 32.2. The molecule has 0 aliphatic carbocycles. The second kappa shape index (κ2) is 39.5. The van der Waals surface area contributed by atoms with Crippen LogP contribution in [0.5, 0.6) is 23.0 Å². The third-order valence-electron chi connectivity index (χ3n) is 21.1. The van der Waals surface area contributed by atoms with E-state index in [-0.39, 0.29) is 63.5 Å². The summed E-state index contributed by atoms with van der Waals surface area (Å²) in [4.78, 5) is 64.2. The smallest absolute Gasteiger partial charge is 0.294 e. The van der Waals surface area contributed by atoms with Gasteiger partial charge < -0.3 is 68.0 Å². The highest BCUT2D eigenvalue weighted by Crippen LogP contribution is 2.38. The minimum Gasteiger partial charge on any atom is -0.493 e. The lowest BCUT2D eigenvalue weighted by Gasteiger charge is -2.23. The molecule has 4 aliphatic heterocycles. The maximum absolute atomic E-state index is 13.8. The topological polar surface area (TPSA) is 303 Å². The van der Waals surface area contributed by atoms with Crippen molar-refractivity contribution in [3.8, 4) is 89.8 Å². The number of hydrogen-bond donors (Lipinski definition) is 3. The fraction of sp³-hybridized carbons (Fsp3) is 0.312. The van der Waals surface area contributed by atoms with E-state index in [1.54, 1.807) is 51.1 Å². The van der Waals surface area contributed by atoms with Gasteiger partial charge in [-0.2, -0.15) is 8.42 Å². The van der Waals surface area contributed by atoms with Crippen LogP contribution in [0.15, 0.2) is 222 Å². The van der Waals surface area contributed by atoms with Crippen molar-refractivity contribution >= 4 is 33.3 Å². The molecular weight excluding hydrogens is 1510 g/mol. The summed E-state index contributed by atoms with van der Waals surface area (Å²) in [7, 11) is -0.808. The minimum absolute atomic E-state index is 0.0666. The minimum atomic E-state index is -4.02. The summed E-state index contributed by atoms with van der Waals surface area (Å²) in [5, 5.41) is 0. The maximum Gasteiger partial charge on any atom is 0.294 e. The van der Waals surface area contributed by atoms with Crippen molar-refractivity contribution in [1.29, 1.82) is 0 Å². The van der Waals surface area contributed by atoms with Crippen LogP contribution in [0.25, 0.3) is 66.8 Å². The molecular formula is C93H98N6O17S. The quantitative estimate of drug-likeness (QED) is 0.0354. The Kier molecular flexibility index (Phi) is 28.2. The number of hydrogen-bond acceptors (Lipinski definition) is 20. The van der Waals surface area contributed by atoms with E-state index >= 15 is 0 Å². The van der Waals surface area contributed by atoms with Crippen LogP contribution in [0.4, 0.5) is 11.6 Å². The van der Waals surface area contributed by atoms with E-state index < -0.39 is 10.1 Å². The van der Waals surface area contributed by atoms with Crippen LogP contribution in [0, 0.1) is 32.6 Å². The molecule has 0 unspecified atom stereocenters. The number of aryl methyl sites for hydroxylation is 3. The number of aromatic nitrogens is 4. The number of rotatable bonds is 25. The third kappa shape index (κ3) is 22.2. The summed E-state index contributed by atoms with van der Waals surface area (Å²) in [6.07, 6.45) is 14.4. The molecule has 24 heteroatoms. The van der Waals surface area contributed by atoms with Gasteiger partial charge in [0, 0.05) is 123 Å². The van der Waals surface area contributed by atoms with Gasteiger partial charge in [0.05, 0.1) is 69.9 Å². The molecule has 5 N–H and O–H groups in total. The van der Waals surface area contributed by atoms with Gasteiger partial charge in [0.15, 0.2) is 45.4 Å². The number of carbonyl (C=O) groups excluding carboxylic acids is 2. The van der Waals surface area contributed by atoms with E-state index in [2.05, 4.69) is 9.97 Å². The number of ether oxygens (including phenoxy) is 10. The van der Waals surface area contributed by atoms with Gasteiger partial charge in [0.2, 0.25) is 0 Å². The van der Waals surface area contributed by atoms with Gasteiger partial charge >= 0.3 is 0 Å². The Hall–Kier alpha value is -11.5. The number of anilines is 2. The fourth-order valence-corrected chi connectivity index (χ4v) is 14.9. The van der Waals surface area contributed by atoms with Gasteiger partial charge in [-0.05, 0) is 151 Å². The van der Waals surface area contributed by atoms with E-state index in [0.29, 0.717) is 110 Å². The van der Waals surface area contributed by atoms with Crippen LogP contribution >= 0.6 is 0 Å². The standard InChI is InChI=1S/2C43H45N3O7.C7H8O3S/c2*1-28-3-7-32(8-4-28)37-24-46(23-30-13-15-50-16-14-30)25-38(42(37)48)39(47)19-29-5-9-31(10-6-29)36-20-34(22-45-43(36)44)33-11-12-40(41(21-33)49-2)53-27-35-26-51-17-18-52-35;1-6-2-4-7(5-3-6)11(8,9)10/h2*3-12,20-22,24-25,30,35H,13-19,23,26-27H2,1-2H3,(H2,44,45);2-5H,1H3,(H,8,9,10)/t2*35-;/m11./s1. The Bertz CT molecular complexity index is 5180. The molecule has 8 heterocycles. The lowest BCUT2D eigenvalue weighted by molar-refractivity contribution is -0.101. The Morgan fingerprint density at radius 3 is 1.15 bits per heavy atom. The predicted molar refractivity (Wildman–Crippen MR) is 450 cm³/mol. The molecule has 23 nitrogen and oxygen atoms in total. The summed E-state index contributed by atoms with van der Waals surface area (Å²) in [5.41, 5.74) is 26.8. The van der Waals surface area contributed by atoms with Crippen molar-refractivity contribution in [3.63, 3.8) is 0 Å². The lowest BCUT2D eigenvalue weighted by Crippen LogP contribution is -2.33. The van der Waals surface area contributed by atoms with Crippen LogP contribution in [-0.2, 0) is 64.5 Å². The van der Waals surface area contributed by atoms with Crippen molar-refractivity contribution in [2.75, 3.05) is 105 Å². The molecule has 7 aromatic carbocycles. The SMILES string of the molecule is COc1cc(-c2cnc(N)c(-c3ccc(CC(=O)c4cn(CC5CCOCC5)cc(-c5ccc(C)cc5)c4=O)cc3)c2)ccc1OC[C@H]1COCCO1.COc1cc(-c2cnc(N)c(-c3ccc(CC(=O)c4cn(CC5CCOCC5)cc(-c5ccc(C)cc5)c4=O)cc3)c2)ccc1OC[C@H]1COCCO1.Cc1ccc(S(=O)(=O)O)cc1. The van der Waals surface area contributed by atoms with Crippen LogP contribution < -0.4 is 41.3 Å². The molecule has 15 rings (SSSR count). The summed E-state index contributed by atoms with van der Waals surface area (Å²) in [5.74, 6) is 3.57. The molecule has 4 aromatic heterocycles. The van der Waals surface area contributed by atoms with E-state index in [1.165, 1.54) is 12.1 Å². The molecule has 11 aromatic rings. The summed E-state index contributed by atoms with van der Waals surface area (Å²) in [6, 6.07) is 52.5. The molecule has 0 radical (unpaired) electrons. The number of nitrogen functional groups attached to an aromatic ring is 2. The number of nitrogens with zero attached hydrogens (tertiary/aromatic N) is 4. The van der Waals surface area contributed by atoms with Crippen molar-refractivity contribution in [2.45, 2.75) is 89.5 Å². The molecule has 2 atom stereocenters. The molecule has 608 valence electrons. The van der Waals surface area contributed by atoms with Gasteiger partial charge in [-0.3, -0.25) is 23.7 Å². The van der Waals surface area contributed by atoms with Gasteiger partial charge in [0.25, 0.3) is 10.1 Å². The summed E-state index contributed by atoms with van der Waals surface area (Å²) < 4.78 is 90.3. The number of methoxy groups -OCH3 is 2.